The standard InChI is InChI=1S/C25H32FN3O3S/c1-25(2,3)27-24(31)28(14-17-4-5-17)15-23(30)29-12-10-22-20(11-13-33-22)21(29)16-32-19-8-6-18(26)7-9-19/h6-9,11,13,17,21H,4-5,10,12,14-16H2,1-3H3,(H,27,31). The van der Waals surface area contributed by atoms with Gasteiger partial charge in [-0.3, -0.25) is 4.79 Å². The van der Waals surface area contributed by atoms with E-state index in [1.54, 1.807) is 28.4 Å². The van der Waals surface area contributed by atoms with Crippen molar-refractivity contribution in [1.29, 1.82) is 0 Å². The Kier molecular flexibility index (Phi) is 6.93. The van der Waals surface area contributed by atoms with Crippen molar-refractivity contribution in [1.82, 2.24) is 15.1 Å². The zero-order valence-electron chi connectivity index (χ0n) is 19.5. The Bertz CT molecular complexity index is 982. The van der Waals surface area contributed by atoms with Gasteiger partial charge in [0.15, 0.2) is 0 Å². The van der Waals surface area contributed by atoms with Crippen molar-refractivity contribution < 1.29 is 18.7 Å². The van der Waals surface area contributed by atoms with Crippen LogP contribution in [0.5, 0.6) is 5.75 Å². The largest absolute Gasteiger partial charge is 0.491 e. The van der Waals surface area contributed by atoms with E-state index in [9.17, 15) is 14.0 Å². The summed E-state index contributed by atoms with van der Waals surface area (Å²) < 4.78 is 19.2. The number of nitrogens with one attached hydrogen (secondary N) is 1. The number of rotatable bonds is 7. The molecule has 8 heteroatoms. The normalized spacial score (nSPS) is 17.9. The minimum atomic E-state index is -0.371. The van der Waals surface area contributed by atoms with Gasteiger partial charge in [-0.2, -0.15) is 0 Å². The zero-order chi connectivity index (χ0) is 23.6. The van der Waals surface area contributed by atoms with Gasteiger partial charge < -0.3 is 19.9 Å². The molecule has 1 aliphatic carbocycles. The van der Waals surface area contributed by atoms with Gasteiger partial charge in [0.05, 0.1) is 6.04 Å². The van der Waals surface area contributed by atoms with Gasteiger partial charge in [-0.05, 0) is 87.2 Å². The van der Waals surface area contributed by atoms with Crippen LogP contribution in [0.3, 0.4) is 0 Å². The van der Waals surface area contributed by atoms with E-state index in [1.807, 2.05) is 37.1 Å². The minimum Gasteiger partial charge on any atom is -0.491 e. The molecule has 1 aromatic heterocycles. The Morgan fingerprint density at radius 3 is 2.61 bits per heavy atom. The van der Waals surface area contributed by atoms with Crippen molar-refractivity contribution in [3.05, 3.63) is 52.0 Å². The van der Waals surface area contributed by atoms with Crippen LogP contribution in [0, 0.1) is 11.7 Å². The third-order valence-electron chi connectivity index (χ3n) is 5.91. The number of carbonyl (C=O) groups excluding carboxylic acids is 2. The van der Waals surface area contributed by atoms with Crippen molar-refractivity contribution >= 4 is 23.3 Å². The summed E-state index contributed by atoms with van der Waals surface area (Å²) >= 11 is 1.69. The van der Waals surface area contributed by atoms with Crippen molar-refractivity contribution in [3.8, 4) is 5.75 Å². The van der Waals surface area contributed by atoms with E-state index in [0.717, 1.165) is 24.8 Å². The minimum absolute atomic E-state index is 0.0466. The Hall–Kier alpha value is -2.61. The fourth-order valence-corrected chi connectivity index (χ4v) is 4.99. The Morgan fingerprint density at radius 2 is 1.94 bits per heavy atom. The highest BCUT2D eigenvalue weighted by Crippen LogP contribution is 2.34. The maximum atomic E-state index is 13.5. The molecular formula is C25H32FN3O3S. The van der Waals surface area contributed by atoms with E-state index in [0.29, 0.717) is 24.8 Å². The Balaban J connectivity index is 1.48. The highest BCUT2D eigenvalue weighted by molar-refractivity contribution is 7.10. The van der Waals surface area contributed by atoms with Crippen LogP contribution in [0.1, 0.15) is 50.1 Å². The lowest BCUT2D eigenvalue weighted by Crippen LogP contribution is -2.53. The highest BCUT2D eigenvalue weighted by Gasteiger charge is 2.35. The van der Waals surface area contributed by atoms with Crippen LogP contribution in [-0.4, -0.2) is 53.5 Å². The number of benzene rings is 1. The number of urea groups is 1. The topological polar surface area (TPSA) is 61.9 Å². The van der Waals surface area contributed by atoms with Crippen molar-refractivity contribution in [2.75, 3.05) is 26.2 Å². The van der Waals surface area contributed by atoms with Crippen LogP contribution in [0.4, 0.5) is 9.18 Å². The summed E-state index contributed by atoms with van der Waals surface area (Å²) in [5.41, 5.74) is 0.721. The lowest BCUT2D eigenvalue weighted by atomic mass is 10.0. The third kappa shape index (κ3) is 6.25. The second-order valence-corrected chi connectivity index (χ2v) is 10.9. The summed E-state index contributed by atoms with van der Waals surface area (Å²) in [6.45, 7) is 7.32. The molecule has 1 N–H and O–H groups in total. The van der Waals surface area contributed by atoms with Crippen molar-refractivity contribution in [2.45, 2.75) is 51.6 Å². The van der Waals surface area contributed by atoms with Gasteiger partial charge in [0.1, 0.15) is 24.7 Å². The number of nitrogens with zero attached hydrogens (tertiary/aromatic N) is 2. The van der Waals surface area contributed by atoms with Crippen LogP contribution in [0.15, 0.2) is 35.7 Å². The SMILES string of the molecule is CC(C)(C)NC(=O)N(CC(=O)N1CCc2sccc2C1COc1ccc(F)cc1)CC1CC1. The molecule has 3 amide bonds. The number of amides is 3. The number of hydrogen-bond acceptors (Lipinski definition) is 4. The predicted octanol–water partition coefficient (Wildman–Crippen LogP) is 4.61. The van der Waals surface area contributed by atoms with Crippen LogP contribution in [0.2, 0.25) is 0 Å². The van der Waals surface area contributed by atoms with Gasteiger partial charge in [0.25, 0.3) is 0 Å². The molecule has 1 fully saturated rings. The maximum absolute atomic E-state index is 13.5. The molecule has 178 valence electrons. The molecule has 1 aromatic carbocycles. The molecule has 0 radical (unpaired) electrons. The molecular weight excluding hydrogens is 441 g/mol. The molecule has 1 unspecified atom stereocenters. The first-order valence-electron chi connectivity index (χ1n) is 11.5. The fraction of sp³-hybridized carbons (Fsp3) is 0.520. The van der Waals surface area contributed by atoms with Crippen LogP contribution < -0.4 is 10.1 Å². The molecule has 33 heavy (non-hydrogen) atoms. The van der Waals surface area contributed by atoms with E-state index >= 15 is 0 Å². The van der Waals surface area contributed by atoms with Crippen molar-refractivity contribution in [3.63, 3.8) is 0 Å². The summed E-state index contributed by atoms with van der Waals surface area (Å²) in [6.07, 6.45) is 3.00. The molecule has 1 aliphatic heterocycles. The molecule has 2 aromatic rings. The van der Waals surface area contributed by atoms with E-state index in [4.69, 9.17) is 4.74 Å². The molecule has 4 rings (SSSR count). The Labute approximate surface area is 198 Å². The monoisotopic (exact) mass is 473 g/mol. The van der Waals surface area contributed by atoms with Gasteiger partial charge in [-0.1, -0.05) is 0 Å². The predicted molar refractivity (Wildman–Crippen MR) is 127 cm³/mol. The summed E-state index contributed by atoms with van der Waals surface area (Å²) in [7, 11) is 0. The first-order chi connectivity index (χ1) is 15.7. The molecule has 1 saturated carbocycles. The molecule has 2 aliphatic rings. The van der Waals surface area contributed by atoms with E-state index in [2.05, 4.69) is 5.32 Å². The lowest BCUT2D eigenvalue weighted by Gasteiger charge is -2.37. The van der Waals surface area contributed by atoms with E-state index in [-0.39, 0.29) is 42.5 Å². The van der Waals surface area contributed by atoms with Gasteiger partial charge >= 0.3 is 6.03 Å². The molecule has 1 atom stereocenters. The highest BCUT2D eigenvalue weighted by atomic mass is 32.1. The first kappa shape index (κ1) is 23.5. The maximum Gasteiger partial charge on any atom is 0.318 e. The average molecular weight is 474 g/mol. The molecule has 6 nitrogen and oxygen atoms in total. The van der Waals surface area contributed by atoms with E-state index < -0.39 is 0 Å². The summed E-state index contributed by atoms with van der Waals surface area (Å²) in [6, 6.07) is 7.50. The molecule has 0 bridgehead atoms. The number of halogens is 1. The number of thiophene rings is 1. The number of hydrogen-bond donors (Lipinski definition) is 1. The molecule has 0 saturated heterocycles. The smallest absolute Gasteiger partial charge is 0.318 e. The first-order valence-corrected chi connectivity index (χ1v) is 12.4. The van der Waals surface area contributed by atoms with Gasteiger partial charge in [-0.15, -0.1) is 11.3 Å². The number of fused-ring (bicyclic) bond motifs is 1. The summed E-state index contributed by atoms with van der Waals surface area (Å²) in [5.74, 6) is 0.641. The average Bonchev–Trinajstić information content (AvgIpc) is 3.44. The van der Waals surface area contributed by atoms with Crippen LogP contribution in [-0.2, 0) is 11.2 Å². The van der Waals surface area contributed by atoms with Gasteiger partial charge in [0, 0.05) is 23.5 Å². The van der Waals surface area contributed by atoms with Crippen molar-refractivity contribution in [2.24, 2.45) is 5.92 Å². The van der Waals surface area contributed by atoms with Gasteiger partial charge in [-0.25, -0.2) is 9.18 Å². The van der Waals surface area contributed by atoms with Crippen LogP contribution >= 0.6 is 11.3 Å². The van der Waals surface area contributed by atoms with E-state index in [1.165, 1.54) is 17.0 Å². The second kappa shape index (κ2) is 9.71. The van der Waals surface area contributed by atoms with Crippen LogP contribution in [0.25, 0.3) is 0 Å². The molecule has 2 heterocycles. The Morgan fingerprint density at radius 1 is 1.21 bits per heavy atom. The van der Waals surface area contributed by atoms with Gasteiger partial charge in [0.2, 0.25) is 5.91 Å². The number of ether oxygens (including phenoxy) is 1. The number of carbonyl (C=O) groups is 2. The fourth-order valence-electron chi connectivity index (χ4n) is 4.07. The third-order valence-corrected chi connectivity index (χ3v) is 6.90. The second-order valence-electron chi connectivity index (χ2n) is 9.92. The summed E-state index contributed by atoms with van der Waals surface area (Å²) in [5, 5.41) is 5.04. The molecule has 0 spiro atoms. The quantitative estimate of drug-likeness (QED) is 0.639. The summed E-state index contributed by atoms with van der Waals surface area (Å²) in [4.78, 5) is 31.1. The lowest BCUT2D eigenvalue weighted by molar-refractivity contribution is -0.135. The zero-order valence-corrected chi connectivity index (χ0v) is 20.3.